The van der Waals surface area contributed by atoms with E-state index in [4.69, 9.17) is 5.26 Å². The molecule has 8 nitrogen and oxygen atoms in total. The van der Waals surface area contributed by atoms with E-state index in [0.717, 1.165) is 17.4 Å². The number of fused-ring (bicyclic) bond motifs is 1. The van der Waals surface area contributed by atoms with Crippen molar-refractivity contribution in [1.29, 1.82) is 5.26 Å². The number of rotatable bonds is 4. The molecule has 0 unspecified atom stereocenters. The van der Waals surface area contributed by atoms with Crippen LogP contribution in [0.1, 0.15) is 5.56 Å². The average molecular weight is 355 g/mol. The van der Waals surface area contributed by atoms with Crippen molar-refractivity contribution in [3.8, 4) is 17.2 Å². The van der Waals surface area contributed by atoms with Gasteiger partial charge in [-0.2, -0.15) is 10.2 Å². The molecule has 0 atom stereocenters. The SMILES string of the molecule is CS(=O)(=O)CC(=O)Nc1nc2ccc(-c3cccc(C#N)c3)cn2n1. The van der Waals surface area contributed by atoms with Crippen LogP contribution in [0.3, 0.4) is 0 Å². The molecule has 0 aliphatic heterocycles. The number of pyridine rings is 1. The van der Waals surface area contributed by atoms with Crippen molar-refractivity contribution in [2.24, 2.45) is 0 Å². The molecule has 2 aromatic heterocycles. The fourth-order valence-corrected chi connectivity index (χ4v) is 2.82. The number of carbonyl (C=O) groups excluding carboxylic acids is 1. The van der Waals surface area contributed by atoms with Gasteiger partial charge in [-0.1, -0.05) is 12.1 Å². The van der Waals surface area contributed by atoms with Gasteiger partial charge in [-0.25, -0.2) is 12.9 Å². The first-order valence-corrected chi connectivity index (χ1v) is 9.25. The van der Waals surface area contributed by atoms with Crippen LogP contribution in [0.4, 0.5) is 5.95 Å². The second kappa shape index (κ2) is 6.33. The van der Waals surface area contributed by atoms with Gasteiger partial charge >= 0.3 is 0 Å². The normalized spacial score (nSPS) is 11.2. The highest BCUT2D eigenvalue weighted by Crippen LogP contribution is 2.21. The largest absolute Gasteiger partial charge is 0.292 e. The van der Waals surface area contributed by atoms with Gasteiger partial charge in [0.25, 0.3) is 0 Å². The Kier molecular flexibility index (Phi) is 4.21. The van der Waals surface area contributed by atoms with Gasteiger partial charge in [0.2, 0.25) is 11.9 Å². The van der Waals surface area contributed by atoms with Crippen molar-refractivity contribution in [2.45, 2.75) is 0 Å². The van der Waals surface area contributed by atoms with Crippen LogP contribution in [-0.4, -0.2) is 40.9 Å². The average Bonchev–Trinajstić information content (AvgIpc) is 2.94. The lowest BCUT2D eigenvalue weighted by molar-refractivity contribution is -0.113. The summed E-state index contributed by atoms with van der Waals surface area (Å²) >= 11 is 0. The van der Waals surface area contributed by atoms with Crippen molar-refractivity contribution in [2.75, 3.05) is 17.3 Å². The van der Waals surface area contributed by atoms with E-state index in [-0.39, 0.29) is 5.95 Å². The predicted molar refractivity (Wildman–Crippen MR) is 91.5 cm³/mol. The quantitative estimate of drug-likeness (QED) is 0.753. The molecule has 3 rings (SSSR count). The highest BCUT2D eigenvalue weighted by molar-refractivity contribution is 7.91. The molecule has 0 fully saturated rings. The summed E-state index contributed by atoms with van der Waals surface area (Å²) in [7, 11) is -3.42. The van der Waals surface area contributed by atoms with E-state index in [9.17, 15) is 13.2 Å². The number of benzene rings is 1. The Labute approximate surface area is 143 Å². The minimum absolute atomic E-state index is 0.0246. The summed E-state index contributed by atoms with van der Waals surface area (Å²) in [6.07, 6.45) is 2.69. The van der Waals surface area contributed by atoms with E-state index >= 15 is 0 Å². The number of anilines is 1. The van der Waals surface area contributed by atoms with Crippen molar-refractivity contribution in [3.05, 3.63) is 48.2 Å². The Hall–Kier alpha value is -3.25. The van der Waals surface area contributed by atoms with Crippen molar-refractivity contribution in [1.82, 2.24) is 14.6 Å². The zero-order chi connectivity index (χ0) is 18.0. The molecule has 9 heteroatoms. The van der Waals surface area contributed by atoms with Gasteiger partial charge in [0.1, 0.15) is 5.75 Å². The molecular formula is C16H13N5O3S. The molecular weight excluding hydrogens is 342 g/mol. The Morgan fingerprint density at radius 2 is 2.08 bits per heavy atom. The molecule has 3 aromatic rings. The van der Waals surface area contributed by atoms with Crippen LogP contribution in [-0.2, 0) is 14.6 Å². The van der Waals surface area contributed by atoms with Crippen LogP contribution in [0.2, 0.25) is 0 Å². The molecule has 0 aliphatic carbocycles. The lowest BCUT2D eigenvalue weighted by Crippen LogP contribution is -2.22. The van der Waals surface area contributed by atoms with Gasteiger partial charge < -0.3 is 0 Å². The monoisotopic (exact) mass is 355 g/mol. The molecule has 1 amide bonds. The number of amides is 1. The lowest BCUT2D eigenvalue weighted by atomic mass is 10.1. The van der Waals surface area contributed by atoms with Crippen LogP contribution in [0.25, 0.3) is 16.8 Å². The first kappa shape index (κ1) is 16.6. The highest BCUT2D eigenvalue weighted by atomic mass is 32.2. The second-order valence-electron chi connectivity index (χ2n) is 5.47. The molecule has 1 aromatic carbocycles. The molecule has 25 heavy (non-hydrogen) atoms. The summed E-state index contributed by atoms with van der Waals surface area (Å²) in [5.41, 5.74) is 2.71. The number of carbonyl (C=O) groups is 1. The fourth-order valence-electron chi connectivity index (χ4n) is 2.27. The Morgan fingerprint density at radius 1 is 1.28 bits per heavy atom. The van der Waals surface area contributed by atoms with Gasteiger partial charge in [-0.15, -0.1) is 5.10 Å². The minimum atomic E-state index is -3.42. The molecule has 0 aliphatic rings. The van der Waals surface area contributed by atoms with Crippen LogP contribution >= 0.6 is 0 Å². The summed E-state index contributed by atoms with van der Waals surface area (Å²) in [6, 6.07) is 12.8. The Bertz CT molecular complexity index is 1110. The van der Waals surface area contributed by atoms with E-state index in [1.165, 1.54) is 4.52 Å². The summed E-state index contributed by atoms with van der Waals surface area (Å²) in [4.78, 5) is 15.8. The maximum Gasteiger partial charge on any atom is 0.249 e. The van der Waals surface area contributed by atoms with E-state index in [1.807, 2.05) is 12.1 Å². The topological polar surface area (TPSA) is 117 Å². The summed E-state index contributed by atoms with van der Waals surface area (Å²) in [5.74, 6) is -1.30. The van der Waals surface area contributed by atoms with Gasteiger partial charge in [0, 0.05) is 18.0 Å². The molecule has 0 bridgehead atoms. The predicted octanol–water partition coefficient (Wildman–Crippen LogP) is 1.25. The van der Waals surface area contributed by atoms with E-state index in [0.29, 0.717) is 11.2 Å². The standard InChI is InChI=1S/C16H13N5O3S/c1-25(23,24)10-15(22)19-16-18-14-6-5-13(9-21(14)20-16)12-4-2-3-11(7-12)8-17/h2-7,9H,10H2,1H3,(H,19,20,22). The van der Waals surface area contributed by atoms with Crippen LogP contribution in [0, 0.1) is 11.3 Å². The number of sulfone groups is 1. The van der Waals surface area contributed by atoms with Crippen LogP contribution < -0.4 is 5.32 Å². The first-order chi connectivity index (χ1) is 11.8. The molecule has 0 saturated heterocycles. The summed E-state index contributed by atoms with van der Waals surface area (Å²) in [6.45, 7) is 0. The Morgan fingerprint density at radius 3 is 2.80 bits per heavy atom. The molecule has 2 heterocycles. The summed E-state index contributed by atoms with van der Waals surface area (Å²) < 4.78 is 23.7. The van der Waals surface area contributed by atoms with Crippen LogP contribution in [0.5, 0.6) is 0 Å². The zero-order valence-electron chi connectivity index (χ0n) is 13.2. The summed E-state index contributed by atoms with van der Waals surface area (Å²) in [5, 5.41) is 15.5. The molecule has 0 saturated carbocycles. The van der Waals surface area contributed by atoms with Gasteiger partial charge in [0.05, 0.1) is 11.6 Å². The van der Waals surface area contributed by atoms with Gasteiger partial charge in [0.15, 0.2) is 15.5 Å². The maximum atomic E-state index is 11.7. The number of nitriles is 1. The van der Waals surface area contributed by atoms with E-state index in [1.54, 1.807) is 30.5 Å². The van der Waals surface area contributed by atoms with E-state index in [2.05, 4.69) is 21.5 Å². The fraction of sp³-hybridized carbons (Fsp3) is 0.125. The van der Waals surface area contributed by atoms with Crippen molar-refractivity contribution < 1.29 is 13.2 Å². The van der Waals surface area contributed by atoms with E-state index < -0.39 is 21.5 Å². The minimum Gasteiger partial charge on any atom is -0.292 e. The lowest BCUT2D eigenvalue weighted by Gasteiger charge is -2.02. The molecule has 126 valence electrons. The third-order valence-corrected chi connectivity index (χ3v) is 4.09. The Balaban J connectivity index is 1.89. The third kappa shape index (κ3) is 3.99. The first-order valence-electron chi connectivity index (χ1n) is 7.18. The number of hydrogen-bond donors (Lipinski definition) is 1. The second-order valence-corrected chi connectivity index (χ2v) is 7.61. The highest BCUT2D eigenvalue weighted by Gasteiger charge is 2.13. The number of nitrogens with one attached hydrogen (secondary N) is 1. The van der Waals surface area contributed by atoms with Gasteiger partial charge in [-0.05, 0) is 29.8 Å². The van der Waals surface area contributed by atoms with Crippen molar-refractivity contribution in [3.63, 3.8) is 0 Å². The van der Waals surface area contributed by atoms with Gasteiger partial charge in [-0.3, -0.25) is 10.1 Å². The molecule has 1 N–H and O–H groups in total. The molecule has 0 spiro atoms. The number of nitrogens with zero attached hydrogens (tertiary/aromatic N) is 4. The maximum absolute atomic E-state index is 11.7. The van der Waals surface area contributed by atoms with Crippen LogP contribution in [0.15, 0.2) is 42.6 Å². The van der Waals surface area contributed by atoms with Crippen molar-refractivity contribution >= 4 is 27.3 Å². The number of aromatic nitrogens is 3. The molecule has 0 radical (unpaired) electrons. The smallest absolute Gasteiger partial charge is 0.249 e. The number of hydrogen-bond acceptors (Lipinski definition) is 6. The zero-order valence-corrected chi connectivity index (χ0v) is 14.0. The third-order valence-electron chi connectivity index (χ3n) is 3.30.